The molecule has 0 aliphatic carbocycles. The van der Waals surface area contributed by atoms with Gasteiger partial charge in [0.25, 0.3) is 0 Å². The van der Waals surface area contributed by atoms with Gasteiger partial charge in [-0.15, -0.1) is 6.58 Å². The van der Waals surface area contributed by atoms with E-state index in [2.05, 4.69) is 6.58 Å². The van der Waals surface area contributed by atoms with E-state index in [-0.39, 0.29) is 12.2 Å². The minimum Gasteiger partial charge on any atom is -0.497 e. The minimum atomic E-state index is -0.298. The first-order valence-corrected chi connectivity index (χ1v) is 8.48. The van der Waals surface area contributed by atoms with Gasteiger partial charge in [-0.1, -0.05) is 6.08 Å². The second kappa shape index (κ2) is 7.60. The van der Waals surface area contributed by atoms with Crippen molar-refractivity contribution in [3.63, 3.8) is 0 Å². The summed E-state index contributed by atoms with van der Waals surface area (Å²) in [6, 6.07) is 9.59. The van der Waals surface area contributed by atoms with E-state index in [1.165, 1.54) is 0 Å². The third-order valence-corrected chi connectivity index (χ3v) is 4.41. The molecule has 2 unspecified atom stereocenters. The zero-order valence-corrected chi connectivity index (χ0v) is 15.6. The molecule has 2 atom stereocenters. The molecule has 26 heavy (non-hydrogen) atoms. The lowest BCUT2D eigenvalue weighted by molar-refractivity contribution is 0.0933. The molecule has 138 valence electrons. The zero-order valence-electron chi connectivity index (χ0n) is 15.6. The normalized spacial score (nSPS) is 17.8. The maximum atomic E-state index is 6.33. The van der Waals surface area contributed by atoms with Gasteiger partial charge in [0.2, 0.25) is 5.75 Å². The Morgan fingerprint density at radius 2 is 1.73 bits per heavy atom. The molecule has 0 saturated heterocycles. The van der Waals surface area contributed by atoms with Gasteiger partial charge in [0.05, 0.1) is 21.3 Å². The fraction of sp³-hybridized carbons (Fsp3) is 0.333. The van der Waals surface area contributed by atoms with Gasteiger partial charge in [0.15, 0.2) is 17.6 Å². The van der Waals surface area contributed by atoms with E-state index in [9.17, 15) is 0 Å². The molecule has 0 amide bonds. The molecule has 0 spiro atoms. The minimum absolute atomic E-state index is 0.153. The van der Waals surface area contributed by atoms with Crippen LogP contribution in [0.15, 0.2) is 43.0 Å². The SMILES string of the molecule is C=CCc1cc(OC)c(OC2c3cc(OC)ccc3OC2C)c(OC)c1. The second-order valence-corrected chi connectivity index (χ2v) is 6.09. The molecular formula is C21H24O5. The lowest BCUT2D eigenvalue weighted by atomic mass is 10.1. The molecule has 0 aromatic heterocycles. The van der Waals surface area contributed by atoms with E-state index >= 15 is 0 Å². The lowest BCUT2D eigenvalue weighted by Crippen LogP contribution is -2.20. The van der Waals surface area contributed by atoms with Crippen molar-refractivity contribution >= 4 is 0 Å². The third-order valence-electron chi connectivity index (χ3n) is 4.41. The van der Waals surface area contributed by atoms with Crippen LogP contribution in [-0.2, 0) is 6.42 Å². The number of rotatable bonds is 7. The van der Waals surface area contributed by atoms with Gasteiger partial charge in [-0.3, -0.25) is 0 Å². The Hall–Kier alpha value is -2.82. The van der Waals surface area contributed by atoms with Crippen LogP contribution in [0.25, 0.3) is 0 Å². The van der Waals surface area contributed by atoms with Crippen molar-refractivity contribution in [1.29, 1.82) is 0 Å². The largest absolute Gasteiger partial charge is 0.497 e. The fourth-order valence-corrected chi connectivity index (χ4v) is 3.12. The Balaban J connectivity index is 2.00. The number of allylic oxidation sites excluding steroid dienone is 1. The van der Waals surface area contributed by atoms with Gasteiger partial charge >= 0.3 is 0 Å². The molecule has 5 heteroatoms. The lowest BCUT2D eigenvalue weighted by Gasteiger charge is -2.21. The maximum absolute atomic E-state index is 6.33. The molecular weight excluding hydrogens is 332 g/mol. The van der Waals surface area contributed by atoms with Gasteiger partial charge in [0.1, 0.15) is 17.6 Å². The quantitative estimate of drug-likeness (QED) is 0.691. The first-order chi connectivity index (χ1) is 12.6. The van der Waals surface area contributed by atoms with Crippen molar-refractivity contribution in [2.24, 2.45) is 0 Å². The Morgan fingerprint density at radius 1 is 1.04 bits per heavy atom. The average Bonchev–Trinajstić information content (AvgIpc) is 2.97. The molecule has 0 bridgehead atoms. The van der Waals surface area contributed by atoms with Crippen LogP contribution in [-0.4, -0.2) is 27.4 Å². The summed E-state index contributed by atoms with van der Waals surface area (Å²) in [6.45, 7) is 5.76. The van der Waals surface area contributed by atoms with Crippen LogP contribution in [0.1, 0.15) is 24.2 Å². The predicted octanol–water partition coefficient (Wildman–Crippen LogP) is 4.34. The molecule has 0 saturated carbocycles. The van der Waals surface area contributed by atoms with Gasteiger partial charge < -0.3 is 23.7 Å². The standard InChI is InChI=1S/C21H24O5/c1-6-7-14-10-18(23-4)21(19(11-14)24-5)26-20-13(2)25-17-9-8-15(22-3)12-16(17)20/h6,8-13,20H,1,7H2,2-5H3. The average molecular weight is 356 g/mol. The topological polar surface area (TPSA) is 46.2 Å². The van der Waals surface area contributed by atoms with Crippen LogP contribution in [0.2, 0.25) is 0 Å². The van der Waals surface area contributed by atoms with E-state index in [1.807, 2.05) is 43.3 Å². The molecule has 0 radical (unpaired) electrons. The summed E-state index contributed by atoms with van der Waals surface area (Å²) >= 11 is 0. The van der Waals surface area contributed by atoms with Gasteiger partial charge in [-0.05, 0) is 49.2 Å². The highest BCUT2D eigenvalue weighted by Crippen LogP contribution is 2.46. The zero-order chi connectivity index (χ0) is 18.7. The van der Waals surface area contributed by atoms with Crippen molar-refractivity contribution in [3.8, 4) is 28.7 Å². The summed E-state index contributed by atoms with van der Waals surface area (Å²) in [6.07, 6.45) is 2.10. The van der Waals surface area contributed by atoms with Gasteiger partial charge in [0, 0.05) is 5.56 Å². The van der Waals surface area contributed by atoms with Crippen molar-refractivity contribution < 1.29 is 23.7 Å². The van der Waals surface area contributed by atoms with Crippen molar-refractivity contribution in [2.45, 2.75) is 25.6 Å². The van der Waals surface area contributed by atoms with Crippen LogP contribution in [0, 0.1) is 0 Å². The Bertz CT molecular complexity index is 774. The first kappa shape index (κ1) is 18.0. The van der Waals surface area contributed by atoms with Crippen molar-refractivity contribution in [1.82, 2.24) is 0 Å². The summed E-state index contributed by atoms with van der Waals surface area (Å²) in [4.78, 5) is 0. The van der Waals surface area contributed by atoms with Crippen LogP contribution in [0.5, 0.6) is 28.7 Å². The van der Waals surface area contributed by atoms with Crippen molar-refractivity contribution in [3.05, 3.63) is 54.1 Å². The fourth-order valence-electron chi connectivity index (χ4n) is 3.12. The molecule has 3 rings (SSSR count). The number of methoxy groups -OCH3 is 3. The van der Waals surface area contributed by atoms with Crippen molar-refractivity contribution in [2.75, 3.05) is 21.3 Å². The van der Waals surface area contributed by atoms with Crippen LogP contribution in [0.3, 0.4) is 0 Å². The monoisotopic (exact) mass is 356 g/mol. The molecule has 1 heterocycles. The summed E-state index contributed by atoms with van der Waals surface area (Å²) in [5, 5.41) is 0. The Kier molecular flexibility index (Phi) is 5.26. The second-order valence-electron chi connectivity index (χ2n) is 6.09. The first-order valence-electron chi connectivity index (χ1n) is 8.48. The highest BCUT2D eigenvalue weighted by molar-refractivity contribution is 5.55. The van der Waals surface area contributed by atoms with E-state index < -0.39 is 0 Å². The van der Waals surface area contributed by atoms with E-state index in [0.29, 0.717) is 17.2 Å². The van der Waals surface area contributed by atoms with Gasteiger partial charge in [-0.25, -0.2) is 0 Å². The molecule has 2 aromatic carbocycles. The highest BCUT2D eigenvalue weighted by atomic mass is 16.6. The van der Waals surface area contributed by atoms with E-state index in [4.69, 9.17) is 23.7 Å². The number of hydrogen-bond donors (Lipinski definition) is 0. The van der Waals surface area contributed by atoms with E-state index in [1.54, 1.807) is 21.3 Å². The molecule has 1 aliphatic rings. The molecule has 0 N–H and O–H groups in total. The predicted molar refractivity (Wildman–Crippen MR) is 99.9 cm³/mol. The molecule has 2 aromatic rings. The molecule has 5 nitrogen and oxygen atoms in total. The molecule has 1 aliphatic heterocycles. The number of benzene rings is 2. The smallest absolute Gasteiger partial charge is 0.204 e. The summed E-state index contributed by atoms with van der Waals surface area (Å²) < 4.78 is 28.7. The van der Waals surface area contributed by atoms with E-state index in [0.717, 1.165) is 29.0 Å². The van der Waals surface area contributed by atoms with Crippen LogP contribution >= 0.6 is 0 Å². The summed E-state index contributed by atoms with van der Waals surface area (Å²) in [5.41, 5.74) is 1.98. The Labute approximate surface area is 154 Å². The summed E-state index contributed by atoms with van der Waals surface area (Å²) in [7, 11) is 4.87. The third kappa shape index (κ3) is 3.29. The number of fused-ring (bicyclic) bond motifs is 1. The maximum Gasteiger partial charge on any atom is 0.204 e. The van der Waals surface area contributed by atoms with Gasteiger partial charge in [-0.2, -0.15) is 0 Å². The number of ether oxygens (including phenoxy) is 5. The Morgan fingerprint density at radius 3 is 2.31 bits per heavy atom. The van der Waals surface area contributed by atoms with Crippen LogP contribution in [0.4, 0.5) is 0 Å². The highest BCUT2D eigenvalue weighted by Gasteiger charge is 2.35. The summed E-state index contributed by atoms with van der Waals surface area (Å²) in [5.74, 6) is 3.34. The van der Waals surface area contributed by atoms with Crippen LogP contribution < -0.4 is 23.7 Å². The molecule has 0 fully saturated rings. The number of hydrogen-bond acceptors (Lipinski definition) is 5.